The second-order valence-corrected chi connectivity index (χ2v) is 10.8. The van der Waals surface area contributed by atoms with E-state index >= 15 is 0 Å². The molecule has 2 aliphatic rings. The highest BCUT2D eigenvalue weighted by atomic mass is 32.2. The molecule has 2 N–H and O–H groups in total. The minimum atomic E-state index is -4.39. The molecule has 37 heavy (non-hydrogen) atoms. The van der Waals surface area contributed by atoms with Crippen LogP contribution in [0.15, 0.2) is 36.4 Å². The number of carboxylic acid groups (broad SMARTS) is 1. The van der Waals surface area contributed by atoms with Gasteiger partial charge in [-0.1, -0.05) is 12.1 Å². The molecular formula is C27H32F3N3O3S. The highest BCUT2D eigenvalue weighted by Crippen LogP contribution is 2.37. The van der Waals surface area contributed by atoms with E-state index in [0.717, 1.165) is 67.4 Å². The Balaban J connectivity index is 1.49. The van der Waals surface area contributed by atoms with Crippen molar-refractivity contribution in [2.75, 3.05) is 46.3 Å². The van der Waals surface area contributed by atoms with Crippen LogP contribution in [-0.2, 0) is 28.7 Å². The number of nitrogens with zero attached hydrogens (tertiary/aromatic N) is 2. The molecule has 1 fully saturated rings. The normalized spacial score (nSPS) is 16.4. The Morgan fingerprint density at radius 2 is 1.84 bits per heavy atom. The number of halogens is 3. The van der Waals surface area contributed by atoms with E-state index in [2.05, 4.69) is 10.2 Å². The molecular weight excluding hydrogens is 503 g/mol. The molecule has 0 aromatic heterocycles. The smallest absolute Gasteiger partial charge is 0.416 e. The molecule has 0 bridgehead atoms. The number of aryl methyl sites for hydroxylation is 1. The fourth-order valence-electron chi connectivity index (χ4n) is 5.11. The van der Waals surface area contributed by atoms with Crippen LogP contribution in [0.4, 0.5) is 30.2 Å². The average molecular weight is 536 g/mol. The number of hydrogen-bond donors (Lipinski definition) is 2. The van der Waals surface area contributed by atoms with E-state index in [1.807, 2.05) is 23.1 Å². The van der Waals surface area contributed by atoms with Gasteiger partial charge in [0.2, 0.25) is 5.91 Å². The van der Waals surface area contributed by atoms with Gasteiger partial charge >= 0.3 is 12.1 Å². The molecule has 2 heterocycles. The van der Waals surface area contributed by atoms with Crippen molar-refractivity contribution in [3.63, 3.8) is 0 Å². The molecule has 0 unspecified atom stereocenters. The number of amides is 1. The number of fused-ring (bicyclic) bond motifs is 1. The summed E-state index contributed by atoms with van der Waals surface area (Å²) < 4.78 is 40.0. The van der Waals surface area contributed by atoms with Crippen LogP contribution in [0, 0.1) is 5.92 Å². The Morgan fingerprint density at radius 3 is 2.51 bits per heavy atom. The number of hydrogen-bond acceptors (Lipinski definition) is 5. The Morgan fingerprint density at radius 1 is 1.08 bits per heavy atom. The van der Waals surface area contributed by atoms with Gasteiger partial charge < -0.3 is 20.2 Å². The molecule has 0 atom stereocenters. The number of rotatable bonds is 8. The van der Waals surface area contributed by atoms with Crippen LogP contribution in [0.3, 0.4) is 0 Å². The van der Waals surface area contributed by atoms with Crippen LogP contribution in [-0.4, -0.2) is 48.1 Å². The molecule has 0 aliphatic carbocycles. The zero-order valence-corrected chi connectivity index (χ0v) is 21.6. The molecule has 10 heteroatoms. The third-order valence-electron chi connectivity index (χ3n) is 6.91. The van der Waals surface area contributed by atoms with Gasteiger partial charge in [0.15, 0.2) is 0 Å². The summed E-state index contributed by atoms with van der Waals surface area (Å²) in [4.78, 5) is 27.0. The van der Waals surface area contributed by atoms with E-state index in [9.17, 15) is 22.8 Å². The van der Waals surface area contributed by atoms with Gasteiger partial charge in [0, 0.05) is 38.8 Å². The Bertz CT molecular complexity index is 1130. The van der Waals surface area contributed by atoms with Crippen molar-refractivity contribution < 1.29 is 27.9 Å². The largest absolute Gasteiger partial charge is 0.481 e. The van der Waals surface area contributed by atoms with Gasteiger partial charge in [-0.25, -0.2) is 0 Å². The summed E-state index contributed by atoms with van der Waals surface area (Å²) in [5, 5.41) is 11.8. The summed E-state index contributed by atoms with van der Waals surface area (Å²) in [5.74, 6) is 0.427. The zero-order chi connectivity index (χ0) is 26.6. The van der Waals surface area contributed by atoms with Gasteiger partial charge in [-0.05, 0) is 72.7 Å². The topological polar surface area (TPSA) is 72.9 Å². The molecule has 6 nitrogen and oxygen atoms in total. The van der Waals surface area contributed by atoms with E-state index in [-0.39, 0.29) is 11.7 Å². The van der Waals surface area contributed by atoms with Crippen LogP contribution < -0.4 is 15.1 Å². The quantitative estimate of drug-likeness (QED) is 0.455. The van der Waals surface area contributed by atoms with Crippen molar-refractivity contribution >= 4 is 40.7 Å². The number of thioether (sulfide) groups is 1. The Kier molecular flexibility index (Phi) is 8.56. The summed E-state index contributed by atoms with van der Waals surface area (Å²) >= 11 is 1.45. The molecule has 1 saturated heterocycles. The molecule has 0 radical (unpaired) electrons. The number of aliphatic carboxylic acids is 1. The van der Waals surface area contributed by atoms with E-state index in [4.69, 9.17) is 5.11 Å². The van der Waals surface area contributed by atoms with Crippen LogP contribution >= 0.6 is 11.8 Å². The first kappa shape index (κ1) is 27.2. The maximum atomic E-state index is 13.3. The Labute approximate surface area is 219 Å². The maximum Gasteiger partial charge on any atom is 0.416 e. The first-order chi connectivity index (χ1) is 17.6. The molecule has 2 aromatic rings. The summed E-state index contributed by atoms with van der Waals surface area (Å²) in [6, 6.07) is 9.87. The average Bonchev–Trinajstić information content (AvgIpc) is 2.84. The van der Waals surface area contributed by atoms with E-state index in [1.165, 1.54) is 24.8 Å². The SMILES string of the molecule is CC(=O)Nc1cc(CN2CCCc3ccc(C(F)(F)F)cc32)ccc1N1CCC(CSCC(=O)O)CC1. The van der Waals surface area contributed by atoms with Crippen molar-refractivity contribution in [3.05, 3.63) is 53.1 Å². The highest BCUT2D eigenvalue weighted by Gasteiger charge is 2.32. The van der Waals surface area contributed by atoms with Crippen molar-refractivity contribution in [2.24, 2.45) is 5.92 Å². The molecule has 1 amide bonds. The zero-order valence-electron chi connectivity index (χ0n) is 20.8. The lowest BCUT2D eigenvalue weighted by molar-refractivity contribution is -0.137. The lowest BCUT2D eigenvalue weighted by Crippen LogP contribution is -2.35. The molecule has 4 rings (SSSR count). The van der Waals surface area contributed by atoms with Crippen molar-refractivity contribution in [1.29, 1.82) is 0 Å². The molecule has 0 spiro atoms. The first-order valence-electron chi connectivity index (χ1n) is 12.5. The van der Waals surface area contributed by atoms with E-state index < -0.39 is 17.7 Å². The molecule has 2 aromatic carbocycles. The lowest BCUT2D eigenvalue weighted by atomic mass is 9.97. The van der Waals surface area contributed by atoms with Crippen LogP contribution in [0.1, 0.15) is 42.9 Å². The predicted octanol–water partition coefficient (Wildman–Crippen LogP) is 5.65. The standard InChI is InChI=1S/C27H32F3N3O3S/c1-18(34)31-23-13-20(4-7-24(23)32-11-8-19(9-12-32)16-37-17-26(35)36)15-33-10-2-3-21-5-6-22(14-25(21)33)27(28,29)30/h4-7,13-14,19H,2-3,8-12,15-17H2,1H3,(H,31,34)(H,35,36). The Hall–Kier alpha value is -2.88. The molecule has 0 saturated carbocycles. The number of carbonyl (C=O) groups is 2. The van der Waals surface area contributed by atoms with Gasteiger partial charge in [0.25, 0.3) is 0 Å². The van der Waals surface area contributed by atoms with Gasteiger partial charge in [0.05, 0.1) is 22.7 Å². The van der Waals surface area contributed by atoms with E-state index in [0.29, 0.717) is 30.4 Å². The van der Waals surface area contributed by atoms with Crippen molar-refractivity contribution in [2.45, 2.75) is 45.3 Å². The maximum absolute atomic E-state index is 13.3. The number of alkyl halides is 3. The number of anilines is 3. The predicted molar refractivity (Wildman–Crippen MR) is 141 cm³/mol. The number of piperidine rings is 1. The molecule has 2 aliphatic heterocycles. The summed E-state index contributed by atoms with van der Waals surface area (Å²) in [6.45, 7) is 4.19. The van der Waals surface area contributed by atoms with Crippen molar-refractivity contribution in [1.82, 2.24) is 0 Å². The van der Waals surface area contributed by atoms with E-state index in [1.54, 1.807) is 6.07 Å². The highest BCUT2D eigenvalue weighted by molar-refractivity contribution is 7.99. The monoisotopic (exact) mass is 535 g/mol. The van der Waals surface area contributed by atoms with Gasteiger partial charge in [0.1, 0.15) is 0 Å². The fourth-order valence-corrected chi connectivity index (χ4v) is 6.07. The third-order valence-corrected chi connectivity index (χ3v) is 8.07. The second kappa shape index (κ2) is 11.7. The van der Waals surface area contributed by atoms with Gasteiger partial charge in [-0.3, -0.25) is 9.59 Å². The number of nitrogens with one attached hydrogen (secondary N) is 1. The first-order valence-corrected chi connectivity index (χ1v) is 13.7. The van der Waals surface area contributed by atoms with Crippen LogP contribution in [0.2, 0.25) is 0 Å². The number of benzene rings is 2. The third kappa shape index (κ3) is 7.12. The van der Waals surface area contributed by atoms with Crippen molar-refractivity contribution in [3.8, 4) is 0 Å². The van der Waals surface area contributed by atoms with Gasteiger partial charge in [-0.2, -0.15) is 13.2 Å². The van der Waals surface area contributed by atoms with Crippen LogP contribution in [0.5, 0.6) is 0 Å². The number of carboxylic acids is 1. The summed E-state index contributed by atoms with van der Waals surface area (Å²) in [7, 11) is 0. The summed E-state index contributed by atoms with van der Waals surface area (Å²) in [6.07, 6.45) is -0.875. The minimum Gasteiger partial charge on any atom is -0.481 e. The molecule has 200 valence electrons. The summed E-state index contributed by atoms with van der Waals surface area (Å²) in [5.41, 5.74) is 3.44. The van der Waals surface area contributed by atoms with Gasteiger partial charge in [-0.15, -0.1) is 11.8 Å². The fraction of sp³-hybridized carbons (Fsp3) is 0.481. The van der Waals surface area contributed by atoms with Crippen LogP contribution in [0.25, 0.3) is 0 Å². The second-order valence-electron chi connectivity index (χ2n) is 9.74. The number of carbonyl (C=O) groups excluding carboxylic acids is 1. The lowest BCUT2D eigenvalue weighted by Gasteiger charge is -2.35. The minimum absolute atomic E-state index is 0.118.